The lowest BCUT2D eigenvalue weighted by Gasteiger charge is -2.42. The van der Waals surface area contributed by atoms with E-state index in [1.54, 1.807) is 18.2 Å². The van der Waals surface area contributed by atoms with Gasteiger partial charge in [-0.05, 0) is 33.6 Å². The number of rotatable bonds is 4. The van der Waals surface area contributed by atoms with Crippen molar-refractivity contribution in [1.82, 2.24) is 0 Å². The fourth-order valence-corrected chi connectivity index (χ4v) is 7.67. The molecule has 3 aromatic rings. The van der Waals surface area contributed by atoms with E-state index in [1.807, 2.05) is 12.1 Å². The van der Waals surface area contributed by atoms with E-state index in [2.05, 4.69) is 75.4 Å². The van der Waals surface area contributed by atoms with Crippen LogP contribution in [0.2, 0.25) is 5.04 Å². The van der Waals surface area contributed by atoms with Crippen molar-refractivity contribution in [1.29, 1.82) is 0 Å². The Labute approximate surface area is 150 Å². The number of hydrogen-bond acceptors (Lipinski definition) is 2. The van der Waals surface area contributed by atoms with Crippen molar-refractivity contribution >= 4 is 18.7 Å². The van der Waals surface area contributed by atoms with Crippen molar-refractivity contribution in [3.63, 3.8) is 0 Å². The van der Waals surface area contributed by atoms with Gasteiger partial charge in [-0.1, -0.05) is 81.4 Å². The van der Waals surface area contributed by atoms with E-state index in [0.29, 0.717) is 5.75 Å². The maximum absolute atomic E-state index is 9.57. The fourth-order valence-electron chi connectivity index (χ4n) is 3.28. The Morgan fingerprint density at radius 1 is 0.800 bits per heavy atom. The fraction of sp³-hybridized carbons (Fsp3) is 0.182. The Bertz CT molecular complexity index is 767. The first-order valence-electron chi connectivity index (χ1n) is 8.44. The lowest BCUT2D eigenvalue weighted by molar-refractivity contribution is 0.470. The van der Waals surface area contributed by atoms with Crippen LogP contribution in [0.25, 0.3) is 0 Å². The molecule has 1 N–H and O–H groups in total. The van der Waals surface area contributed by atoms with Crippen LogP contribution in [0.3, 0.4) is 0 Å². The van der Waals surface area contributed by atoms with Gasteiger partial charge in [0.05, 0.1) is 0 Å². The smallest absolute Gasteiger partial charge is 0.319 e. The van der Waals surface area contributed by atoms with Crippen molar-refractivity contribution in [2.24, 2.45) is 0 Å². The Kier molecular flexibility index (Phi) is 4.68. The summed E-state index contributed by atoms with van der Waals surface area (Å²) >= 11 is 0. The summed E-state index contributed by atoms with van der Waals surface area (Å²) in [5, 5.41) is 11.9. The molecule has 0 saturated carbocycles. The summed E-state index contributed by atoms with van der Waals surface area (Å²) in [5.41, 5.74) is 0. The highest BCUT2D eigenvalue weighted by Crippen LogP contribution is 2.37. The van der Waals surface area contributed by atoms with Gasteiger partial charge in [-0.25, -0.2) is 0 Å². The van der Waals surface area contributed by atoms with E-state index in [-0.39, 0.29) is 10.8 Å². The molecule has 0 aliphatic heterocycles. The van der Waals surface area contributed by atoms with E-state index in [4.69, 9.17) is 4.43 Å². The van der Waals surface area contributed by atoms with Gasteiger partial charge < -0.3 is 9.53 Å². The minimum Gasteiger partial charge on any atom is -0.534 e. The van der Waals surface area contributed by atoms with Crippen LogP contribution in [0.5, 0.6) is 11.5 Å². The second-order valence-electron chi connectivity index (χ2n) is 7.18. The highest BCUT2D eigenvalue weighted by Gasteiger charge is 2.52. The molecular weight excluding hydrogens is 324 g/mol. The molecule has 0 aliphatic rings. The number of phenols is 1. The SMILES string of the molecule is CC(C)(C)[Si](Oc1[c]cc(O)cc1)(c1ccccc1)c1ccccc1. The molecule has 127 valence electrons. The highest BCUT2D eigenvalue weighted by atomic mass is 28.4. The Morgan fingerprint density at radius 3 is 1.72 bits per heavy atom. The summed E-state index contributed by atoms with van der Waals surface area (Å²) < 4.78 is 6.77. The summed E-state index contributed by atoms with van der Waals surface area (Å²) in [6.45, 7) is 6.71. The van der Waals surface area contributed by atoms with E-state index in [9.17, 15) is 5.11 Å². The Hall–Kier alpha value is -2.52. The lowest BCUT2D eigenvalue weighted by Crippen LogP contribution is -2.68. The van der Waals surface area contributed by atoms with Crippen molar-refractivity contribution in [3.05, 3.63) is 84.9 Å². The zero-order valence-corrected chi connectivity index (χ0v) is 15.9. The molecule has 2 nitrogen and oxygen atoms in total. The third-order valence-corrected chi connectivity index (χ3v) is 9.38. The van der Waals surface area contributed by atoms with Gasteiger partial charge in [0.15, 0.2) is 0 Å². The van der Waals surface area contributed by atoms with E-state index < -0.39 is 8.32 Å². The predicted molar refractivity (Wildman–Crippen MR) is 105 cm³/mol. The summed E-state index contributed by atoms with van der Waals surface area (Å²) in [5.74, 6) is 0.849. The van der Waals surface area contributed by atoms with Gasteiger partial charge in [0.1, 0.15) is 11.5 Å². The molecule has 0 aliphatic carbocycles. The van der Waals surface area contributed by atoms with Gasteiger partial charge in [0.2, 0.25) is 0 Å². The molecule has 0 aromatic heterocycles. The van der Waals surface area contributed by atoms with Gasteiger partial charge in [-0.15, -0.1) is 0 Å². The zero-order chi connectivity index (χ0) is 17.9. The number of hydrogen-bond donors (Lipinski definition) is 1. The van der Waals surface area contributed by atoms with Crippen LogP contribution < -0.4 is 14.8 Å². The topological polar surface area (TPSA) is 29.5 Å². The molecule has 1 radical (unpaired) electrons. The molecule has 0 fully saturated rings. The normalized spacial score (nSPS) is 12.0. The van der Waals surface area contributed by atoms with Crippen molar-refractivity contribution in [2.75, 3.05) is 0 Å². The predicted octanol–water partition coefficient (Wildman–Crippen LogP) is 4.13. The van der Waals surface area contributed by atoms with E-state index in [0.717, 1.165) is 0 Å². The van der Waals surface area contributed by atoms with Crippen LogP contribution in [0.1, 0.15) is 20.8 Å². The summed E-state index contributed by atoms with van der Waals surface area (Å²) in [6, 6.07) is 29.0. The molecule has 0 heterocycles. The van der Waals surface area contributed by atoms with Gasteiger partial charge in [-0.2, -0.15) is 0 Å². The molecule has 0 atom stereocenters. The standard InChI is InChI=1S/C22H23O2Si/c1-22(2,3)25(20-10-6-4-7-11-20,21-12-8-5-9-13-21)24-19-16-14-18(23)15-17-19/h4-16,23H,1-3H3. The third kappa shape index (κ3) is 3.33. The second-order valence-corrected chi connectivity index (χ2v) is 11.4. The summed E-state index contributed by atoms with van der Waals surface area (Å²) in [4.78, 5) is 0. The van der Waals surface area contributed by atoms with Crippen LogP contribution in [-0.4, -0.2) is 13.4 Å². The quantitative estimate of drug-likeness (QED) is 0.719. The van der Waals surface area contributed by atoms with Crippen molar-refractivity contribution < 1.29 is 9.53 Å². The number of benzene rings is 3. The second kappa shape index (κ2) is 6.77. The van der Waals surface area contributed by atoms with Gasteiger partial charge in [-0.3, -0.25) is 0 Å². The van der Waals surface area contributed by atoms with Crippen LogP contribution >= 0.6 is 0 Å². The highest BCUT2D eigenvalue weighted by molar-refractivity contribution is 7.00. The first kappa shape index (κ1) is 17.3. The maximum Gasteiger partial charge on any atom is 0.319 e. The Balaban J connectivity index is 2.23. The molecule has 0 unspecified atom stereocenters. The number of phenolic OH excluding ortho intramolecular Hbond substituents is 1. The average Bonchev–Trinajstić information content (AvgIpc) is 2.62. The van der Waals surface area contributed by atoms with Crippen LogP contribution in [-0.2, 0) is 0 Å². The lowest BCUT2D eigenvalue weighted by atomic mass is 10.2. The Morgan fingerprint density at radius 2 is 1.32 bits per heavy atom. The minimum absolute atomic E-state index is 0.0958. The molecule has 0 bridgehead atoms. The summed E-state index contributed by atoms with van der Waals surface area (Å²) in [6.07, 6.45) is 0. The molecule has 0 saturated heterocycles. The molecule has 3 aromatic carbocycles. The number of aromatic hydroxyl groups is 1. The minimum atomic E-state index is -2.62. The zero-order valence-electron chi connectivity index (χ0n) is 14.9. The molecule has 0 amide bonds. The molecule has 3 heteroatoms. The van der Waals surface area contributed by atoms with Gasteiger partial charge >= 0.3 is 8.32 Å². The molecular formula is C22H23O2Si. The third-order valence-electron chi connectivity index (χ3n) is 4.45. The monoisotopic (exact) mass is 347 g/mol. The summed E-state index contributed by atoms with van der Waals surface area (Å²) in [7, 11) is -2.62. The van der Waals surface area contributed by atoms with Crippen LogP contribution in [0, 0.1) is 6.07 Å². The van der Waals surface area contributed by atoms with Gasteiger partial charge in [0, 0.05) is 6.07 Å². The van der Waals surface area contributed by atoms with E-state index in [1.165, 1.54) is 10.4 Å². The van der Waals surface area contributed by atoms with Crippen molar-refractivity contribution in [2.45, 2.75) is 25.8 Å². The first-order chi connectivity index (χ1) is 11.9. The molecule has 0 spiro atoms. The average molecular weight is 348 g/mol. The van der Waals surface area contributed by atoms with Gasteiger partial charge in [0.25, 0.3) is 0 Å². The van der Waals surface area contributed by atoms with Crippen molar-refractivity contribution in [3.8, 4) is 11.5 Å². The maximum atomic E-state index is 9.57. The van der Waals surface area contributed by atoms with Crippen LogP contribution in [0.15, 0.2) is 78.9 Å². The molecule has 25 heavy (non-hydrogen) atoms. The largest absolute Gasteiger partial charge is 0.534 e. The molecule has 3 rings (SSSR count). The van der Waals surface area contributed by atoms with E-state index >= 15 is 0 Å². The van der Waals surface area contributed by atoms with Crippen LogP contribution in [0.4, 0.5) is 0 Å². The first-order valence-corrected chi connectivity index (χ1v) is 10.3.